The molecule has 0 bridgehead atoms. The van der Waals surface area contributed by atoms with E-state index in [4.69, 9.17) is 5.73 Å². The summed E-state index contributed by atoms with van der Waals surface area (Å²) < 4.78 is 0.921. The van der Waals surface area contributed by atoms with Crippen molar-refractivity contribution in [1.82, 2.24) is 4.98 Å². The van der Waals surface area contributed by atoms with Gasteiger partial charge >= 0.3 is 0 Å². The monoisotopic (exact) mass is 473 g/mol. The predicted molar refractivity (Wildman–Crippen MR) is 122 cm³/mol. The molecule has 9 heteroatoms. The van der Waals surface area contributed by atoms with Gasteiger partial charge in [0.25, 0.3) is 5.91 Å². The number of thiazole rings is 1. The fraction of sp³-hybridized carbons (Fsp3) is 0.150. The minimum atomic E-state index is -0.320. The second-order valence-electron chi connectivity index (χ2n) is 6.30. The van der Waals surface area contributed by atoms with Crippen LogP contribution in [0.25, 0.3) is 0 Å². The number of aliphatic imine (C=N–C) groups is 1. The number of carbonyl (C=O) groups is 1. The van der Waals surface area contributed by atoms with Crippen molar-refractivity contribution in [3.05, 3.63) is 62.6 Å². The number of aryl methyl sites for hydroxylation is 1. The third-order valence-electron chi connectivity index (χ3n) is 4.34. The Bertz CT molecular complexity index is 1110. The van der Waals surface area contributed by atoms with Crippen molar-refractivity contribution in [2.24, 2.45) is 10.7 Å². The van der Waals surface area contributed by atoms with Crippen molar-refractivity contribution < 1.29 is 9.90 Å². The van der Waals surface area contributed by atoms with Crippen molar-refractivity contribution >= 4 is 55.5 Å². The lowest BCUT2D eigenvalue weighted by atomic mass is 10.1. The minimum Gasteiger partial charge on any atom is -0.508 e. The molecule has 5 N–H and O–H groups in total. The largest absolute Gasteiger partial charge is 0.508 e. The number of amidine groups is 1. The molecule has 0 aliphatic carbocycles. The molecule has 0 radical (unpaired) electrons. The third-order valence-corrected chi connectivity index (χ3v) is 5.73. The molecule has 2 aromatic carbocycles. The van der Waals surface area contributed by atoms with Crippen molar-refractivity contribution in [2.75, 3.05) is 17.7 Å². The first kappa shape index (κ1) is 20.8. The number of phenols is 1. The van der Waals surface area contributed by atoms with Crippen molar-refractivity contribution in [3.63, 3.8) is 0 Å². The fourth-order valence-electron chi connectivity index (χ4n) is 2.74. The first-order chi connectivity index (χ1) is 13.8. The van der Waals surface area contributed by atoms with Crippen LogP contribution in [0.2, 0.25) is 0 Å². The fourth-order valence-corrected chi connectivity index (χ4v) is 3.79. The lowest BCUT2D eigenvalue weighted by Gasteiger charge is -2.11. The Morgan fingerprint density at radius 2 is 2.03 bits per heavy atom. The molecule has 1 heterocycles. The molecule has 7 nitrogen and oxygen atoms in total. The van der Waals surface area contributed by atoms with E-state index >= 15 is 0 Å². The molecule has 3 aromatic rings. The molecule has 0 saturated carbocycles. The van der Waals surface area contributed by atoms with Crippen molar-refractivity contribution in [3.8, 4) is 5.75 Å². The molecular weight excluding hydrogens is 454 g/mol. The lowest BCUT2D eigenvalue weighted by molar-refractivity contribution is 0.103. The summed E-state index contributed by atoms with van der Waals surface area (Å²) in [5, 5.41) is 16.2. The number of rotatable bonds is 5. The summed E-state index contributed by atoms with van der Waals surface area (Å²) in [5.41, 5.74) is 9.77. The summed E-state index contributed by atoms with van der Waals surface area (Å²) in [4.78, 5) is 21.6. The molecule has 1 aromatic heterocycles. The van der Waals surface area contributed by atoms with E-state index in [0.717, 1.165) is 32.6 Å². The van der Waals surface area contributed by atoms with E-state index in [1.54, 1.807) is 26.1 Å². The molecule has 3 rings (SSSR count). The van der Waals surface area contributed by atoms with Gasteiger partial charge in [0.05, 0.1) is 11.9 Å². The van der Waals surface area contributed by atoms with Gasteiger partial charge < -0.3 is 21.5 Å². The van der Waals surface area contributed by atoms with E-state index in [1.807, 2.05) is 25.1 Å². The van der Waals surface area contributed by atoms with Crippen LogP contribution in [0.15, 0.2) is 46.0 Å². The Labute approximate surface area is 180 Å². The van der Waals surface area contributed by atoms with Crippen LogP contribution >= 0.6 is 27.3 Å². The number of hydrogen-bond acceptors (Lipinski definition) is 6. The number of nitrogens with zero attached hydrogens (tertiary/aromatic N) is 2. The first-order valence-electron chi connectivity index (χ1n) is 8.68. The van der Waals surface area contributed by atoms with Crippen LogP contribution in [0.1, 0.15) is 26.4 Å². The number of nitrogens with one attached hydrogen (secondary N) is 2. The second kappa shape index (κ2) is 8.62. The summed E-state index contributed by atoms with van der Waals surface area (Å²) in [6, 6.07) is 8.98. The van der Waals surface area contributed by atoms with Gasteiger partial charge in [-0.2, -0.15) is 0 Å². The Morgan fingerprint density at radius 3 is 2.76 bits per heavy atom. The van der Waals surface area contributed by atoms with Crippen LogP contribution in [-0.2, 0) is 0 Å². The van der Waals surface area contributed by atoms with Crippen LogP contribution in [0.4, 0.5) is 16.5 Å². The summed E-state index contributed by atoms with van der Waals surface area (Å²) >= 11 is 4.56. The lowest BCUT2D eigenvalue weighted by Crippen LogP contribution is -2.15. The Hall–Kier alpha value is -2.91. The highest BCUT2D eigenvalue weighted by Gasteiger charge is 2.15. The van der Waals surface area contributed by atoms with Gasteiger partial charge in [-0.1, -0.05) is 33.3 Å². The molecular formula is C20H20BrN5O2S. The highest BCUT2D eigenvalue weighted by molar-refractivity contribution is 9.10. The SMILES string of the molecule is CNc1cc(Br)ccc1/C(N)=N/c1ncc(C(=O)Nc2c(C)ccc(O)c2C)s1. The number of nitrogens with two attached hydrogens (primary N) is 1. The number of anilines is 2. The van der Waals surface area contributed by atoms with Crippen molar-refractivity contribution in [2.45, 2.75) is 13.8 Å². The zero-order chi connectivity index (χ0) is 21.1. The molecule has 1 amide bonds. The van der Waals surface area contributed by atoms with Crippen LogP contribution in [-0.4, -0.2) is 28.9 Å². The number of aromatic nitrogens is 1. The van der Waals surface area contributed by atoms with Gasteiger partial charge in [0.2, 0.25) is 5.13 Å². The smallest absolute Gasteiger partial charge is 0.267 e. The molecule has 0 aliphatic heterocycles. The summed E-state index contributed by atoms with van der Waals surface area (Å²) in [5.74, 6) is 0.102. The zero-order valence-electron chi connectivity index (χ0n) is 16.1. The molecule has 0 atom stereocenters. The number of carbonyl (C=O) groups excluding carboxylic acids is 1. The van der Waals surface area contributed by atoms with E-state index in [-0.39, 0.29) is 11.7 Å². The van der Waals surface area contributed by atoms with Gasteiger partial charge in [-0.3, -0.25) is 4.79 Å². The molecule has 0 aliphatic rings. The van der Waals surface area contributed by atoms with E-state index in [0.29, 0.717) is 27.1 Å². The quantitative estimate of drug-likeness (QED) is 0.320. The van der Waals surface area contributed by atoms with Crippen molar-refractivity contribution in [1.29, 1.82) is 0 Å². The number of halogens is 1. The van der Waals surface area contributed by atoms with Gasteiger partial charge in [0.15, 0.2) is 0 Å². The maximum Gasteiger partial charge on any atom is 0.267 e. The average molecular weight is 474 g/mol. The van der Waals surface area contributed by atoms with Crippen LogP contribution in [0.5, 0.6) is 5.75 Å². The number of hydrogen-bond donors (Lipinski definition) is 4. The predicted octanol–water partition coefficient (Wildman–Crippen LogP) is 4.56. The van der Waals surface area contributed by atoms with Gasteiger partial charge in [-0.25, -0.2) is 9.98 Å². The Morgan fingerprint density at radius 1 is 1.28 bits per heavy atom. The van der Waals surface area contributed by atoms with E-state index < -0.39 is 0 Å². The van der Waals surface area contributed by atoms with Gasteiger partial charge in [0.1, 0.15) is 16.5 Å². The Balaban J connectivity index is 1.83. The van der Waals surface area contributed by atoms with Gasteiger partial charge in [-0.05, 0) is 43.7 Å². The number of phenolic OH excluding ortho intramolecular Hbond substituents is 1. The number of amides is 1. The van der Waals surface area contributed by atoms with E-state index in [2.05, 4.69) is 36.5 Å². The number of benzene rings is 2. The summed E-state index contributed by atoms with van der Waals surface area (Å²) in [6.07, 6.45) is 1.46. The maximum atomic E-state index is 12.6. The van der Waals surface area contributed by atoms with Crippen LogP contribution in [0.3, 0.4) is 0 Å². The molecule has 29 heavy (non-hydrogen) atoms. The second-order valence-corrected chi connectivity index (χ2v) is 8.22. The Kier molecular flexibility index (Phi) is 6.19. The zero-order valence-corrected chi connectivity index (χ0v) is 18.5. The van der Waals surface area contributed by atoms with Crippen LogP contribution < -0.4 is 16.4 Å². The van der Waals surface area contributed by atoms with Gasteiger partial charge in [-0.15, -0.1) is 0 Å². The normalized spacial score (nSPS) is 11.4. The maximum absolute atomic E-state index is 12.6. The molecule has 0 unspecified atom stereocenters. The highest BCUT2D eigenvalue weighted by Crippen LogP contribution is 2.30. The summed E-state index contributed by atoms with van der Waals surface area (Å²) in [6.45, 7) is 3.61. The van der Waals surface area contributed by atoms with E-state index in [1.165, 1.54) is 6.20 Å². The number of aromatic hydroxyl groups is 1. The molecule has 0 spiro atoms. The molecule has 150 valence electrons. The van der Waals surface area contributed by atoms with Crippen LogP contribution in [0, 0.1) is 13.8 Å². The highest BCUT2D eigenvalue weighted by atomic mass is 79.9. The molecule has 0 fully saturated rings. The molecule has 0 saturated heterocycles. The first-order valence-corrected chi connectivity index (χ1v) is 10.3. The standard InChI is InChI=1S/C20H20BrN5O2S/c1-10-4-7-15(27)11(2)17(10)25-19(28)16-9-24-20(29-16)26-18(22)13-6-5-12(21)8-14(13)23-3/h4-9,23,27H,1-3H3,(H,25,28)(H2,22,24,26). The topological polar surface area (TPSA) is 113 Å². The minimum absolute atomic E-state index is 0.128. The average Bonchev–Trinajstić information content (AvgIpc) is 3.16. The van der Waals surface area contributed by atoms with E-state index in [9.17, 15) is 9.90 Å². The summed E-state index contributed by atoms with van der Waals surface area (Å²) in [7, 11) is 1.80. The third kappa shape index (κ3) is 4.57. The van der Waals surface area contributed by atoms with Gasteiger partial charge in [0, 0.05) is 28.3 Å².